The van der Waals surface area contributed by atoms with Crippen LogP contribution >= 0.6 is 0 Å². The summed E-state index contributed by atoms with van der Waals surface area (Å²) in [5, 5.41) is 3.57. The van der Waals surface area contributed by atoms with Gasteiger partial charge in [0, 0.05) is 25.0 Å². The van der Waals surface area contributed by atoms with Crippen molar-refractivity contribution in [1.82, 2.24) is 10.2 Å². The van der Waals surface area contributed by atoms with E-state index in [0.29, 0.717) is 12.0 Å². The summed E-state index contributed by atoms with van der Waals surface area (Å²) in [6, 6.07) is 0.535. The minimum atomic E-state index is 0.535. The summed E-state index contributed by atoms with van der Waals surface area (Å²) in [7, 11) is 2.16. The third-order valence-electron chi connectivity index (χ3n) is 2.94. The van der Waals surface area contributed by atoms with Crippen LogP contribution in [0.25, 0.3) is 0 Å². The molecule has 0 aromatic heterocycles. The van der Waals surface area contributed by atoms with Crippen LogP contribution in [0.15, 0.2) is 12.2 Å². The Labute approximate surface area is 99.8 Å². The van der Waals surface area contributed by atoms with Gasteiger partial charge in [-0.05, 0) is 26.9 Å². The van der Waals surface area contributed by atoms with Crippen molar-refractivity contribution in [1.29, 1.82) is 0 Å². The fraction of sp³-hybridized carbons (Fsp3) is 0.846. The summed E-state index contributed by atoms with van der Waals surface area (Å²) >= 11 is 0. The molecular formula is C13H26N2O. The minimum absolute atomic E-state index is 0.535. The van der Waals surface area contributed by atoms with E-state index in [1.165, 1.54) is 12.0 Å². The third kappa shape index (κ3) is 4.64. The molecule has 1 N–H and O–H groups in total. The Kier molecular flexibility index (Phi) is 6.03. The minimum Gasteiger partial charge on any atom is -0.379 e. The highest BCUT2D eigenvalue weighted by atomic mass is 16.5. The third-order valence-corrected chi connectivity index (χ3v) is 2.94. The maximum absolute atomic E-state index is 5.56. The molecule has 0 saturated carbocycles. The van der Waals surface area contributed by atoms with E-state index in [-0.39, 0.29) is 0 Å². The van der Waals surface area contributed by atoms with Crippen molar-refractivity contribution >= 4 is 0 Å². The van der Waals surface area contributed by atoms with Gasteiger partial charge >= 0.3 is 0 Å². The molecule has 1 rings (SSSR count). The largest absolute Gasteiger partial charge is 0.379 e. The molecule has 1 saturated heterocycles. The molecular weight excluding hydrogens is 200 g/mol. The van der Waals surface area contributed by atoms with Gasteiger partial charge in [-0.15, -0.1) is 0 Å². The normalized spacial score (nSPS) is 25.2. The average molecular weight is 226 g/mol. The summed E-state index contributed by atoms with van der Waals surface area (Å²) in [6.45, 7) is 13.2. The van der Waals surface area contributed by atoms with Crippen LogP contribution in [0.1, 0.15) is 20.3 Å². The number of nitrogens with one attached hydrogen (secondary N) is 1. The van der Waals surface area contributed by atoms with E-state index in [4.69, 9.17) is 4.74 Å². The molecule has 0 amide bonds. The monoisotopic (exact) mass is 226 g/mol. The van der Waals surface area contributed by atoms with E-state index in [1.54, 1.807) is 0 Å². The predicted octanol–water partition coefficient (Wildman–Crippen LogP) is 1.51. The Morgan fingerprint density at radius 2 is 2.25 bits per heavy atom. The zero-order chi connectivity index (χ0) is 12.0. The van der Waals surface area contributed by atoms with Crippen molar-refractivity contribution in [3.8, 4) is 0 Å². The van der Waals surface area contributed by atoms with E-state index in [2.05, 4.69) is 37.7 Å². The second-order valence-corrected chi connectivity index (χ2v) is 5.01. The maximum Gasteiger partial charge on any atom is 0.0623 e. The second-order valence-electron chi connectivity index (χ2n) is 5.01. The fourth-order valence-corrected chi connectivity index (χ4v) is 2.26. The van der Waals surface area contributed by atoms with E-state index in [1.807, 2.05) is 0 Å². The summed E-state index contributed by atoms with van der Waals surface area (Å²) in [5.41, 5.74) is 1.22. The van der Waals surface area contributed by atoms with Crippen LogP contribution in [-0.2, 0) is 4.74 Å². The lowest BCUT2D eigenvalue weighted by Gasteiger charge is -2.24. The van der Waals surface area contributed by atoms with E-state index < -0.39 is 0 Å². The van der Waals surface area contributed by atoms with Gasteiger partial charge in [0.15, 0.2) is 0 Å². The first kappa shape index (κ1) is 13.7. The number of ether oxygens (including phenoxy) is 1. The fourth-order valence-electron chi connectivity index (χ4n) is 2.26. The van der Waals surface area contributed by atoms with Gasteiger partial charge in [0.1, 0.15) is 0 Å². The van der Waals surface area contributed by atoms with E-state index in [9.17, 15) is 0 Å². The lowest BCUT2D eigenvalue weighted by Crippen LogP contribution is -2.41. The molecule has 1 fully saturated rings. The Balaban J connectivity index is 2.31. The van der Waals surface area contributed by atoms with Crippen LogP contribution in [0, 0.1) is 5.92 Å². The quantitative estimate of drug-likeness (QED) is 0.666. The molecule has 3 nitrogen and oxygen atoms in total. The summed E-state index contributed by atoms with van der Waals surface area (Å²) < 4.78 is 5.56. The van der Waals surface area contributed by atoms with Gasteiger partial charge in [0.05, 0.1) is 13.2 Å². The van der Waals surface area contributed by atoms with Crippen LogP contribution in [0.2, 0.25) is 0 Å². The second kappa shape index (κ2) is 7.05. The van der Waals surface area contributed by atoms with E-state index >= 15 is 0 Å². The number of rotatable bonds is 7. The summed E-state index contributed by atoms with van der Waals surface area (Å²) in [4.78, 5) is 2.34. The molecule has 2 unspecified atom stereocenters. The molecule has 2 atom stereocenters. The molecule has 0 spiro atoms. The van der Waals surface area contributed by atoms with Crippen LogP contribution < -0.4 is 5.32 Å². The Morgan fingerprint density at radius 3 is 2.88 bits per heavy atom. The summed E-state index contributed by atoms with van der Waals surface area (Å²) in [6.07, 6.45) is 1.19. The highest BCUT2D eigenvalue weighted by Crippen LogP contribution is 2.15. The zero-order valence-electron chi connectivity index (χ0n) is 11.0. The van der Waals surface area contributed by atoms with E-state index in [0.717, 1.165) is 32.8 Å². The van der Waals surface area contributed by atoms with Crippen LogP contribution in [-0.4, -0.2) is 50.8 Å². The topological polar surface area (TPSA) is 24.5 Å². The standard InChI is InChI=1S/C13H26N2O/c1-5-6-14-13-10-16-9-12(13)8-15(4)7-11(2)3/h12-14H,2,5-10H2,1,3-4H3. The zero-order valence-corrected chi connectivity index (χ0v) is 11.0. The maximum atomic E-state index is 5.56. The number of nitrogens with zero attached hydrogens (tertiary/aromatic N) is 1. The molecule has 1 aliphatic heterocycles. The first-order valence-corrected chi connectivity index (χ1v) is 6.27. The number of hydrogen-bond donors (Lipinski definition) is 1. The van der Waals surface area contributed by atoms with Crippen LogP contribution in [0.4, 0.5) is 0 Å². The highest BCUT2D eigenvalue weighted by Gasteiger charge is 2.28. The Morgan fingerprint density at radius 1 is 1.50 bits per heavy atom. The predicted molar refractivity (Wildman–Crippen MR) is 68.7 cm³/mol. The molecule has 0 bridgehead atoms. The highest BCUT2D eigenvalue weighted by molar-refractivity contribution is 4.92. The molecule has 0 radical (unpaired) electrons. The number of likely N-dealkylation sites (N-methyl/N-ethyl adjacent to an activating group) is 1. The number of hydrogen-bond acceptors (Lipinski definition) is 3. The average Bonchev–Trinajstić information content (AvgIpc) is 2.61. The molecule has 16 heavy (non-hydrogen) atoms. The van der Waals surface area contributed by atoms with Crippen LogP contribution in [0.3, 0.4) is 0 Å². The molecule has 3 heteroatoms. The summed E-state index contributed by atoms with van der Waals surface area (Å²) in [5.74, 6) is 0.621. The van der Waals surface area contributed by atoms with Crippen LogP contribution in [0.5, 0.6) is 0 Å². The van der Waals surface area contributed by atoms with Gasteiger partial charge in [-0.2, -0.15) is 0 Å². The molecule has 1 aliphatic rings. The van der Waals surface area contributed by atoms with Gasteiger partial charge in [0.2, 0.25) is 0 Å². The Bertz CT molecular complexity index is 218. The molecule has 0 aliphatic carbocycles. The Hall–Kier alpha value is -0.380. The van der Waals surface area contributed by atoms with Gasteiger partial charge in [0.25, 0.3) is 0 Å². The molecule has 0 aromatic carbocycles. The molecule has 0 aromatic rings. The lowest BCUT2D eigenvalue weighted by atomic mass is 10.0. The molecule has 1 heterocycles. The smallest absolute Gasteiger partial charge is 0.0623 e. The van der Waals surface area contributed by atoms with Crippen molar-refractivity contribution in [3.63, 3.8) is 0 Å². The first-order chi connectivity index (χ1) is 7.63. The SMILES string of the molecule is C=C(C)CN(C)CC1COCC1NCCC. The van der Waals surface area contributed by atoms with Crippen molar-refractivity contribution in [2.75, 3.05) is 39.9 Å². The van der Waals surface area contributed by atoms with Crippen molar-refractivity contribution in [2.24, 2.45) is 5.92 Å². The lowest BCUT2D eigenvalue weighted by molar-refractivity contribution is 0.175. The van der Waals surface area contributed by atoms with Gasteiger partial charge in [-0.1, -0.05) is 19.1 Å². The van der Waals surface area contributed by atoms with Crippen molar-refractivity contribution in [3.05, 3.63) is 12.2 Å². The van der Waals surface area contributed by atoms with Gasteiger partial charge in [-0.25, -0.2) is 0 Å². The van der Waals surface area contributed by atoms with Gasteiger partial charge < -0.3 is 15.0 Å². The first-order valence-electron chi connectivity index (χ1n) is 6.27. The molecule has 94 valence electrons. The van der Waals surface area contributed by atoms with Gasteiger partial charge in [-0.3, -0.25) is 0 Å². The van der Waals surface area contributed by atoms with Crippen molar-refractivity contribution < 1.29 is 4.74 Å². The van der Waals surface area contributed by atoms with Crippen molar-refractivity contribution in [2.45, 2.75) is 26.3 Å².